The Bertz CT molecular complexity index is 377. The molecule has 0 fully saturated rings. The first kappa shape index (κ1) is 12.5. The molecule has 0 aliphatic rings. The lowest BCUT2D eigenvalue weighted by atomic mass is 9.96. The molecule has 0 aromatic heterocycles. The van der Waals surface area contributed by atoms with Crippen LogP contribution in [-0.4, -0.2) is 31.8 Å². The van der Waals surface area contributed by atoms with Crippen LogP contribution < -0.4 is 10.1 Å². The van der Waals surface area contributed by atoms with Crippen molar-refractivity contribution in [3.8, 4) is 5.75 Å². The maximum atomic E-state index is 11.2. The summed E-state index contributed by atoms with van der Waals surface area (Å²) in [4.78, 5) is 11.2. The van der Waals surface area contributed by atoms with Crippen LogP contribution in [0.4, 0.5) is 0 Å². The number of methoxy groups -OCH3 is 1. The molecule has 0 radical (unpaired) electrons. The van der Waals surface area contributed by atoms with Crippen LogP contribution in [0, 0.1) is 6.92 Å². The van der Waals surface area contributed by atoms with E-state index < -0.39 is 11.9 Å². The second-order valence-corrected chi connectivity index (χ2v) is 3.69. The maximum absolute atomic E-state index is 11.2. The van der Waals surface area contributed by atoms with Crippen molar-refractivity contribution in [1.29, 1.82) is 0 Å². The molecule has 0 spiro atoms. The number of ether oxygens (including phenoxy) is 1. The summed E-state index contributed by atoms with van der Waals surface area (Å²) < 4.78 is 5.19. The highest BCUT2D eigenvalue weighted by atomic mass is 16.5. The molecule has 0 aliphatic heterocycles. The third-order valence-electron chi connectivity index (χ3n) is 2.47. The fourth-order valence-electron chi connectivity index (χ4n) is 1.66. The highest BCUT2D eigenvalue weighted by molar-refractivity contribution is 5.77. The zero-order valence-corrected chi connectivity index (χ0v) is 9.78. The van der Waals surface area contributed by atoms with E-state index in [4.69, 9.17) is 4.74 Å². The van der Waals surface area contributed by atoms with Crippen molar-refractivity contribution in [3.05, 3.63) is 29.3 Å². The van der Waals surface area contributed by atoms with Crippen LogP contribution in [0.2, 0.25) is 0 Å². The highest BCUT2D eigenvalue weighted by Crippen LogP contribution is 2.27. The number of carboxylic acid groups (broad SMARTS) is 1. The van der Waals surface area contributed by atoms with Gasteiger partial charge in [0.25, 0.3) is 0 Å². The molecule has 1 aromatic rings. The van der Waals surface area contributed by atoms with Crippen molar-refractivity contribution in [3.63, 3.8) is 0 Å². The first-order chi connectivity index (χ1) is 7.60. The van der Waals surface area contributed by atoms with Crippen molar-refractivity contribution in [2.24, 2.45) is 0 Å². The van der Waals surface area contributed by atoms with Gasteiger partial charge in [0.15, 0.2) is 0 Å². The number of benzene rings is 1. The Morgan fingerprint density at radius 1 is 1.56 bits per heavy atom. The molecule has 0 amide bonds. The summed E-state index contributed by atoms with van der Waals surface area (Å²) in [6.07, 6.45) is 0. The van der Waals surface area contributed by atoms with Crippen LogP contribution in [0.1, 0.15) is 17.0 Å². The topological polar surface area (TPSA) is 58.6 Å². The first-order valence-corrected chi connectivity index (χ1v) is 5.12. The number of aliphatic carboxylic acids is 1. The number of aryl methyl sites for hydroxylation is 1. The second-order valence-electron chi connectivity index (χ2n) is 3.69. The number of carbonyl (C=O) groups is 1. The zero-order chi connectivity index (χ0) is 12.1. The molecule has 1 rings (SSSR count). The van der Waals surface area contributed by atoms with Crippen LogP contribution in [-0.2, 0) is 4.79 Å². The van der Waals surface area contributed by atoms with Gasteiger partial charge in [-0.05, 0) is 20.0 Å². The first-order valence-electron chi connectivity index (χ1n) is 5.12. The Labute approximate surface area is 95.2 Å². The van der Waals surface area contributed by atoms with Gasteiger partial charge in [0.2, 0.25) is 0 Å². The summed E-state index contributed by atoms with van der Waals surface area (Å²) in [5.74, 6) is -0.814. The molecule has 0 bridgehead atoms. The van der Waals surface area contributed by atoms with Gasteiger partial charge in [-0.1, -0.05) is 17.7 Å². The van der Waals surface area contributed by atoms with Crippen molar-refractivity contribution in [2.75, 3.05) is 20.7 Å². The predicted molar refractivity (Wildman–Crippen MR) is 62.0 cm³/mol. The van der Waals surface area contributed by atoms with Gasteiger partial charge >= 0.3 is 5.97 Å². The van der Waals surface area contributed by atoms with Gasteiger partial charge < -0.3 is 15.2 Å². The number of rotatable bonds is 5. The molecule has 0 heterocycles. The van der Waals surface area contributed by atoms with Crippen molar-refractivity contribution < 1.29 is 14.6 Å². The van der Waals surface area contributed by atoms with Crippen LogP contribution in [0.15, 0.2) is 18.2 Å². The van der Waals surface area contributed by atoms with Crippen LogP contribution >= 0.6 is 0 Å². The van der Waals surface area contributed by atoms with E-state index in [-0.39, 0.29) is 0 Å². The molecule has 88 valence electrons. The molecule has 0 aliphatic carbocycles. The van der Waals surface area contributed by atoms with E-state index in [1.54, 1.807) is 20.2 Å². The molecule has 16 heavy (non-hydrogen) atoms. The molecule has 4 nitrogen and oxygen atoms in total. The molecule has 0 saturated carbocycles. The molecular formula is C12H17NO3. The number of hydrogen-bond acceptors (Lipinski definition) is 3. The van der Waals surface area contributed by atoms with Crippen molar-refractivity contribution in [1.82, 2.24) is 5.32 Å². The van der Waals surface area contributed by atoms with Crippen molar-refractivity contribution >= 4 is 5.97 Å². The van der Waals surface area contributed by atoms with E-state index in [1.807, 2.05) is 19.1 Å². The molecule has 1 atom stereocenters. The molecule has 2 N–H and O–H groups in total. The Morgan fingerprint density at radius 3 is 2.75 bits per heavy atom. The van der Waals surface area contributed by atoms with Gasteiger partial charge in [-0.15, -0.1) is 0 Å². The zero-order valence-electron chi connectivity index (χ0n) is 9.78. The van der Waals surface area contributed by atoms with E-state index in [1.165, 1.54) is 0 Å². The summed E-state index contributed by atoms with van der Waals surface area (Å²) in [5, 5.41) is 12.1. The Kier molecular flexibility index (Phi) is 4.31. The monoisotopic (exact) mass is 223 g/mol. The van der Waals surface area contributed by atoms with Crippen molar-refractivity contribution in [2.45, 2.75) is 12.8 Å². The fraction of sp³-hybridized carbons (Fsp3) is 0.417. The number of hydrogen-bond donors (Lipinski definition) is 2. The standard InChI is InChI=1S/C12H17NO3/c1-8-4-5-11(16-3)9(6-8)10(7-13-2)12(14)15/h4-6,10,13H,7H2,1-3H3,(H,14,15). The highest BCUT2D eigenvalue weighted by Gasteiger charge is 2.22. The summed E-state index contributed by atoms with van der Waals surface area (Å²) >= 11 is 0. The van der Waals surface area contributed by atoms with Gasteiger partial charge in [-0.3, -0.25) is 4.79 Å². The minimum absolute atomic E-state index is 0.384. The van der Waals surface area contributed by atoms with Gasteiger partial charge in [0, 0.05) is 12.1 Å². The van der Waals surface area contributed by atoms with E-state index in [2.05, 4.69) is 5.32 Å². The minimum Gasteiger partial charge on any atom is -0.496 e. The molecule has 4 heteroatoms. The number of likely N-dealkylation sites (N-methyl/N-ethyl adjacent to an activating group) is 1. The smallest absolute Gasteiger partial charge is 0.312 e. The number of nitrogens with one attached hydrogen (secondary N) is 1. The Morgan fingerprint density at radius 2 is 2.25 bits per heavy atom. The summed E-state index contributed by atoms with van der Waals surface area (Å²) in [5.41, 5.74) is 1.74. The lowest BCUT2D eigenvalue weighted by Crippen LogP contribution is -2.24. The second kappa shape index (κ2) is 5.51. The van der Waals surface area contributed by atoms with Gasteiger partial charge in [-0.2, -0.15) is 0 Å². The Hall–Kier alpha value is -1.55. The molecule has 1 aromatic carbocycles. The predicted octanol–water partition coefficient (Wildman–Crippen LogP) is 1.39. The summed E-state index contributed by atoms with van der Waals surface area (Å²) in [7, 11) is 3.28. The van der Waals surface area contributed by atoms with Crippen LogP contribution in [0.25, 0.3) is 0 Å². The third-order valence-corrected chi connectivity index (χ3v) is 2.47. The average molecular weight is 223 g/mol. The number of carboxylic acids is 1. The largest absolute Gasteiger partial charge is 0.496 e. The normalized spacial score (nSPS) is 12.2. The third kappa shape index (κ3) is 2.73. The summed E-state index contributed by atoms with van der Waals surface area (Å²) in [6.45, 7) is 2.32. The van der Waals surface area contributed by atoms with Gasteiger partial charge in [0.05, 0.1) is 13.0 Å². The lowest BCUT2D eigenvalue weighted by Gasteiger charge is -2.16. The quantitative estimate of drug-likeness (QED) is 0.792. The maximum Gasteiger partial charge on any atom is 0.312 e. The van der Waals surface area contributed by atoms with Crippen LogP contribution in [0.5, 0.6) is 5.75 Å². The van der Waals surface area contributed by atoms with E-state index in [0.717, 1.165) is 5.56 Å². The lowest BCUT2D eigenvalue weighted by molar-refractivity contribution is -0.138. The Balaban J connectivity index is 3.15. The molecule has 0 saturated heterocycles. The minimum atomic E-state index is -0.849. The SMILES string of the molecule is CNCC(C(=O)O)c1cc(C)ccc1OC. The molecular weight excluding hydrogens is 206 g/mol. The summed E-state index contributed by atoms with van der Waals surface area (Å²) in [6, 6.07) is 5.56. The van der Waals surface area contributed by atoms with Crippen LogP contribution in [0.3, 0.4) is 0 Å². The van der Waals surface area contributed by atoms with E-state index in [0.29, 0.717) is 17.9 Å². The van der Waals surface area contributed by atoms with E-state index in [9.17, 15) is 9.90 Å². The van der Waals surface area contributed by atoms with Gasteiger partial charge in [-0.25, -0.2) is 0 Å². The average Bonchev–Trinajstić information content (AvgIpc) is 2.25. The van der Waals surface area contributed by atoms with Gasteiger partial charge in [0.1, 0.15) is 5.75 Å². The fourth-order valence-corrected chi connectivity index (χ4v) is 1.66. The van der Waals surface area contributed by atoms with E-state index >= 15 is 0 Å². The molecule has 1 unspecified atom stereocenters.